The predicted molar refractivity (Wildman–Crippen MR) is 72.3 cm³/mol. The van der Waals surface area contributed by atoms with Crippen LogP contribution in [0, 0.1) is 5.92 Å². The van der Waals surface area contributed by atoms with Crippen LogP contribution < -0.4 is 0 Å². The van der Waals surface area contributed by atoms with Crippen LogP contribution in [0.5, 0.6) is 11.5 Å². The summed E-state index contributed by atoms with van der Waals surface area (Å²) in [6.45, 7) is 12.1. The number of benzene rings is 1. The molecule has 18 heavy (non-hydrogen) atoms. The second-order valence-corrected chi connectivity index (χ2v) is 6.31. The van der Waals surface area contributed by atoms with Gasteiger partial charge in [-0.15, -0.1) is 0 Å². The van der Waals surface area contributed by atoms with Crippen LogP contribution in [0.1, 0.15) is 38.8 Å². The number of quaternary nitrogens is 1. The van der Waals surface area contributed by atoms with E-state index in [1.807, 2.05) is 0 Å². The highest BCUT2D eigenvalue weighted by atomic mass is 16.3. The molecule has 0 bridgehead atoms. The van der Waals surface area contributed by atoms with Crippen molar-refractivity contribution in [3.05, 3.63) is 23.3 Å². The van der Waals surface area contributed by atoms with Crippen LogP contribution in [0.25, 0.3) is 0 Å². The van der Waals surface area contributed by atoms with Crippen LogP contribution in [0.2, 0.25) is 0 Å². The van der Waals surface area contributed by atoms with Gasteiger partial charge in [0.2, 0.25) is 0 Å². The van der Waals surface area contributed by atoms with Gasteiger partial charge >= 0.3 is 0 Å². The Hall–Kier alpha value is -1.22. The molecule has 0 amide bonds. The number of nitrogens with zero attached hydrogens (tertiary/aromatic N) is 1. The first-order valence-electron chi connectivity index (χ1n) is 6.73. The minimum atomic E-state index is 0.00190. The number of aromatic hydroxyl groups is 2. The lowest BCUT2D eigenvalue weighted by atomic mass is 10.1. The average molecular weight is 250 g/mol. The minimum Gasteiger partial charge on any atom is -0.504 e. The molecule has 1 aromatic rings. The van der Waals surface area contributed by atoms with Gasteiger partial charge < -0.3 is 14.7 Å². The maximum Gasteiger partial charge on any atom is 0.157 e. The molecule has 2 rings (SSSR count). The minimum absolute atomic E-state index is 0.00190. The van der Waals surface area contributed by atoms with Crippen LogP contribution in [0.15, 0.2) is 12.1 Å². The molecule has 2 N–H and O–H groups in total. The molecule has 0 atom stereocenters. The van der Waals surface area contributed by atoms with E-state index >= 15 is 0 Å². The van der Waals surface area contributed by atoms with Crippen LogP contribution in [0.3, 0.4) is 0 Å². The van der Waals surface area contributed by atoms with Gasteiger partial charge in [-0.1, -0.05) is 13.8 Å². The lowest BCUT2D eigenvalue weighted by molar-refractivity contribution is -0.969. The Balaban J connectivity index is 2.35. The third-order valence-electron chi connectivity index (χ3n) is 4.09. The number of phenolic OH excluding ortho intramolecular Hbond substituents is 2. The molecule has 0 aromatic heterocycles. The normalized spacial score (nSPS) is 17.4. The zero-order valence-electron chi connectivity index (χ0n) is 11.8. The Kier molecular flexibility index (Phi) is 3.28. The third-order valence-corrected chi connectivity index (χ3v) is 4.09. The summed E-state index contributed by atoms with van der Waals surface area (Å²) in [6.07, 6.45) is 0. The summed E-state index contributed by atoms with van der Waals surface area (Å²) in [6, 6.07) is 4.00. The molecule has 0 radical (unpaired) electrons. The fraction of sp³-hybridized carbons (Fsp3) is 0.600. The first-order chi connectivity index (χ1) is 8.34. The summed E-state index contributed by atoms with van der Waals surface area (Å²) in [5.74, 6) is 0.646. The molecule has 1 aromatic carbocycles. The highest BCUT2D eigenvalue weighted by Gasteiger charge is 2.39. The van der Waals surface area contributed by atoms with Crippen molar-refractivity contribution in [2.45, 2.75) is 46.8 Å². The largest absolute Gasteiger partial charge is 0.504 e. The van der Waals surface area contributed by atoms with E-state index < -0.39 is 0 Å². The fourth-order valence-corrected chi connectivity index (χ4v) is 3.12. The van der Waals surface area contributed by atoms with Gasteiger partial charge in [0.15, 0.2) is 11.5 Å². The van der Waals surface area contributed by atoms with Crippen molar-refractivity contribution < 1.29 is 14.7 Å². The summed E-state index contributed by atoms with van der Waals surface area (Å²) >= 11 is 0. The van der Waals surface area contributed by atoms with Crippen molar-refractivity contribution in [3.8, 4) is 11.5 Å². The van der Waals surface area contributed by atoms with Gasteiger partial charge in [0.25, 0.3) is 0 Å². The Labute approximate surface area is 109 Å². The van der Waals surface area contributed by atoms with Crippen molar-refractivity contribution in [3.63, 3.8) is 0 Å². The van der Waals surface area contributed by atoms with Gasteiger partial charge in [0.1, 0.15) is 13.1 Å². The highest BCUT2D eigenvalue weighted by molar-refractivity contribution is 5.46. The lowest BCUT2D eigenvalue weighted by Crippen LogP contribution is -2.50. The average Bonchev–Trinajstić information content (AvgIpc) is 2.56. The maximum atomic E-state index is 9.62. The van der Waals surface area contributed by atoms with E-state index in [1.54, 1.807) is 12.1 Å². The quantitative estimate of drug-likeness (QED) is 0.639. The molecule has 1 aliphatic rings. The second kappa shape index (κ2) is 4.47. The van der Waals surface area contributed by atoms with Gasteiger partial charge in [-0.3, -0.25) is 0 Å². The smallest absolute Gasteiger partial charge is 0.157 e. The Bertz CT molecular complexity index is 421. The first-order valence-corrected chi connectivity index (χ1v) is 6.73. The van der Waals surface area contributed by atoms with Crippen molar-refractivity contribution in [1.82, 2.24) is 0 Å². The monoisotopic (exact) mass is 250 g/mol. The predicted octanol–water partition coefficient (Wildman–Crippen LogP) is 2.99. The molecule has 0 saturated heterocycles. The zero-order chi connectivity index (χ0) is 13.5. The van der Waals surface area contributed by atoms with Crippen molar-refractivity contribution in [2.75, 3.05) is 6.54 Å². The summed E-state index contributed by atoms with van der Waals surface area (Å²) in [5, 5.41) is 19.2. The van der Waals surface area contributed by atoms with Crippen LogP contribution in [-0.2, 0) is 13.1 Å². The van der Waals surface area contributed by atoms with Gasteiger partial charge in [0.05, 0.1) is 12.6 Å². The van der Waals surface area contributed by atoms with Gasteiger partial charge in [0, 0.05) is 17.0 Å². The maximum absolute atomic E-state index is 9.62. The van der Waals surface area contributed by atoms with Gasteiger partial charge in [-0.05, 0) is 26.0 Å². The fourth-order valence-electron chi connectivity index (χ4n) is 3.12. The molecule has 100 valence electrons. The standard InChI is InChI=1S/C15H23NO2/c1-10(2)7-16(11(3)4)8-12-5-14(17)15(18)6-13(12)9-16/h5-6,10-11H,7-9H2,1-4H3,(H-,17,18)/p+1. The number of phenols is 2. The number of hydrogen-bond acceptors (Lipinski definition) is 2. The van der Waals surface area contributed by atoms with Crippen LogP contribution in [-0.4, -0.2) is 27.3 Å². The summed E-state index contributed by atoms with van der Waals surface area (Å²) in [7, 11) is 0. The molecule has 0 saturated carbocycles. The SMILES string of the molecule is CC(C)C[N+]1(C(C)C)Cc2cc(O)c(O)cc2C1. The zero-order valence-corrected chi connectivity index (χ0v) is 11.8. The molecule has 3 heteroatoms. The summed E-state index contributed by atoms with van der Waals surface area (Å²) in [5.41, 5.74) is 2.36. The molecule has 1 heterocycles. The molecule has 1 aliphatic heterocycles. The van der Waals surface area contributed by atoms with E-state index in [0.29, 0.717) is 12.0 Å². The third kappa shape index (κ3) is 2.19. The first kappa shape index (κ1) is 13.2. The molecule has 3 nitrogen and oxygen atoms in total. The Morgan fingerprint density at radius 1 is 1.00 bits per heavy atom. The lowest BCUT2D eigenvalue weighted by Gasteiger charge is -2.39. The molecule has 0 spiro atoms. The van der Waals surface area contributed by atoms with Crippen LogP contribution in [0.4, 0.5) is 0 Å². The van der Waals surface area contributed by atoms with E-state index in [0.717, 1.165) is 24.1 Å². The molecule has 0 aliphatic carbocycles. The molecule has 0 fully saturated rings. The number of fused-ring (bicyclic) bond motifs is 1. The van der Waals surface area contributed by atoms with E-state index in [-0.39, 0.29) is 11.5 Å². The van der Waals surface area contributed by atoms with Crippen LogP contribution >= 0.6 is 0 Å². The Morgan fingerprint density at radius 2 is 1.44 bits per heavy atom. The van der Waals surface area contributed by atoms with E-state index in [2.05, 4.69) is 27.7 Å². The van der Waals surface area contributed by atoms with E-state index in [9.17, 15) is 10.2 Å². The van der Waals surface area contributed by atoms with Crippen molar-refractivity contribution >= 4 is 0 Å². The summed E-state index contributed by atoms with van der Waals surface area (Å²) < 4.78 is 1.02. The van der Waals surface area contributed by atoms with Gasteiger partial charge in [-0.2, -0.15) is 0 Å². The number of rotatable bonds is 3. The molecule has 0 unspecified atom stereocenters. The molecular weight excluding hydrogens is 226 g/mol. The summed E-state index contributed by atoms with van der Waals surface area (Å²) in [4.78, 5) is 0. The number of hydrogen-bond donors (Lipinski definition) is 2. The molecular formula is C15H24NO2+. The Morgan fingerprint density at radius 3 is 1.78 bits per heavy atom. The highest BCUT2D eigenvalue weighted by Crippen LogP contribution is 2.39. The van der Waals surface area contributed by atoms with E-state index in [4.69, 9.17) is 0 Å². The van der Waals surface area contributed by atoms with Crippen molar-refractivity contribution in [2.24, 2.45) is 5.92 Å². The topological polar surface area (TPSA) is 40.5 Å². The van der Waals surface area contributed by atoms with Gasteiger partial charge in [-0.25, -0.2) is 0 Å². The second-order valence-electron chi connectivity index (χ2n) is 6.31. The van der Waals surface area contributed by atoms with E-state index in [1.165, 1.54) is 11.1 Å². The van der Waals surface area contributed by atoms with Crippen molar-refractivity contribution in [1.29, 1.82) is 0 Å².